The highest BCUT2D eigenvalue weighted by Gasteiger charge is 2.43. The van der Waals surface area contributed by atoms with E-state index in [9.17, 15) is 4.79 Å². The molecule has 0 bridgehead atoms. The Bertz CT molecular complexity index is 494. The minimum absolute atomic E-state index is 0.207. The zero-order chi connectivity index (χ0) is 14.0. The summed E-state index contributed by atoms with van der Waals surface area (Å²) < 4.78 is 0. The van der Waals surface area contributed by atoms with E-state index in [1.165, 1.54) is 24.0 Å². The lowest BCUT2D eigenvalue weighted by Crippen LogP contribution is -2.42. The predicted molar refractivity (Wildman–Crippen MR) is 80.6 cm³/mol. The van der Waals surface area contributed by atoms with E-state index in [-0.39, 0.29) is 5.91 Å². The summed E-state index contributed by atoms with van der Waals surface area (Å²) in [5, 5.41) is 6.81. The number of hydrogen-bond donors (Lipinski definition) is 2. The molecule has 1 unspecified atom stereocenters. The fourth-order valence-electron chi connectivity index (χ4n) is 3.20. The van der Waals surface area contributed by atoms with Gasteiger partial charge in [0.1, 0.15) is 0 Å². The molecule has 108 valence electrons. The highest BCUT2D eigenvalue weighted by atomic mass is 16.1. The van der Waals surface area contributed by atoms with E-state index in [2.05, 4.69) is 41.8 Å². The Labute approximate surface area is 121 Å². The van der Waals surface area contributed by atoms with Crippen molar-refractivity contribution >= 4 is 5.91 Å². The summed E-state index contributed by atoms with van der Waals surface area (Å²) in [7, 11) is 0. The van der Waals surface area contributed by atoms with Crippen LogP contribution in [0.15, 0.2) is 24.3 Å². The minimum Gasteiger partial charge on any atom is -0.356 e. The van der Waals surface area contributed by atoms with E-state index in [0.29, 0.717) is 18.0 Å². The second-order valence-electron chi connectivity index (χ2n) is 6.40. The van der Waals surface area contributed by atoms with Crippen molar-refractivity contribution in [3.8, 4) is 0 Å². The topological polar surface area (TPSA) is 41.1 Å². The Hall–Kier alpha value is -1.35. The van der Waals surface area contributed by atoms with Gasteiger partial charge < -0.3 is 10.6 Å². The Morgan fingerprint density at radius 2 is 2.10 bits per heavy atom. The van der Waals surface area contributed by atoms with Gasteiger partial charge in [-0.3, -0.25) is 4.79 Å². The smallest absolute Gasteiger partial charge is 0.220 e. The average molecular weight is 272 g/mol. The number of amides is 1. The van der Waals surface area contributed by atoms with E-state index < -0.39 is 0 Å². The summed E-state index contributed by atoms with van der Waals surface area (Å²) in [6, 6.07) is 9.16. The van der Waals surface area contributed by atoms with Crippen LogP contribution in [0, 0.1) is 6.92 Å². The van der Waals surface area contributed by atoms with Gasteiger partial charge in [0.25, 0.3) is 0 Å². The van der Waals surface area contributed by atoms with Crippen LogP contribution in [0.25, 0.3) is 0 Å². The molecule has 3 rings (SSSR count). The Kier molecular flexibility index (Phi) is 3.79. The predicted octanol–water partition coefficient (Wildman–Crippen LogP) is 2.33. The minimum atomic E-state index is 0.207. The third kappa shape index (κ3) is 3.21. The fraction of sp³-hybridized carbons (Fsp3) is 0.588. The second kappa shape index (κ2) is 5.57. The van der Waals surface area contributed by atoms with Crippen LogP contribution in [-0.2, 0) is 11.2 Å². The molecule has 1 aromatic carbocycles. The average Bonchev–Trinajstić information content (AvgIpc) is 3.20. The molecule has 1 aliphatic heterocycles. The number of carbonyl (C=O) groups is 1. The third-order valence-corrected chi connectivity index (χ3v) is 4.69. The first-order chi connectivity index (χ1) is 9.67. The van der Waals surface area contributed by atoms with Crippen LogP contribution in [0.2, 0.25) is 0 Å². The second-order valence-corrected chi connectivity index (χ2v) is 6.40. The van der Waals surface area contributed by atoms with E-state index >= 15 is 0 Å². The lowest BCUT2D eigenvalue weighted by Gasteiger charge is -2.25. The summed E-state index contributed by atoms with van der Waals surface area (Å²) in [6.45, 7) is 3.01. The van der Waals surface area contributed by atoms with E-state index in [1.807, 2.05) is 0 Å². The molecule has 0 spiro atoms. The molecule has 3 nitrogen and oxygen atoms in total. The summed E-state index contributed by atoms with van der Waals surface area (Å²) in [6.07, 6.45) is 6.34. The van der Waals surface area contributed by atoms with Crippen molar-refractivity contribution in [2.75, 3.05) is 6.54 Å². The molecule has 0 aromatic heterocycles. The maximum Gasteiger partial charge on any atom is 0.220 e. The van der Waals surface area contributed by atoms with Gasteiger partial charge in [0.05, 0.1) is 0 Å². The van der Waals surface area contributed by atoms with Crippen LogP contribution >= 0.6 is 0 Å². The quantitative estimate of drug-likeness (QED) is 0.883. The van der Waals surface area contributed by atoms with Crippen molar-refractivity contribution < 1.29 is 4.79 Å². The maximum absolute atomic E-state index is 11.4. The van der Waals surface area contributed by atoms with Crippen LogP contribution in [0.4, 0.5) is 0 Å². The highest BCUT2D eigenvalue weighted by Crippen LogP contribution is 2.40. The van der Waals surface area contributed by atoms with Crippen molar-refractivity contribution in [3.05, 3.63) is 35.4 Å². The van der Waals surface area contributed by atoms with Gasteiger partial charge in [-0.25, -0.2) is 0 Å². The van der Waals surface area contributed by atoms with E-state index in [0.717, 1.165) is 25.8 Å². The Morgan fingerprint density at radius 1 is 1.30 bits per heavy atom. The first-order valence-electron chi connectivity index (χ1n) is 7.76. The number of rotatable bonds is 4. The number of hydrogen-bond acceptors (Lipinski definition) is 2. The number of benzene rings is 1. The number of aryl methyl sites for hydroxylation is 1. The lowest BCUT2D eigenvalue weighted by molar-refractivity contribution is -0.120. The van der Waals surface area contributed by atoms with Crippen LogP contribution in [-0.4, -0.2) is 24.0 Å². The van der Waals surface area contributed by atoms with Gasteiger partial charge in [0.2, 0.25) is 5.91 Å². The number of carbonyl (C=O) groups excluding carboxylic acids is 1. The largest absolute Gasteiger partial charge is 0.356 e. The zero-order valence-corrected chi connectivity index (χ0v) is 12.2. The molecule has 1 amide bonds. The molecular weight excluding hydrogens is 248 g/mol. The van der Waals surface area contributed by atoms with Crippen molar-refractivity contribution in [2.24, 2.45) is 0 Å². The molecule has 1 aliphatic carbocycles. The highest BCUT2D eigenvalue weighted by molar-refractivity contribution is 5.76. The summed E-state index contributed by atoms with van der Waals surface area (Å²) in [4.78, 5) is 11.4. The van der Waals surface area contributed by atoms with Gasteiger partial charge in [-0.2, -0.15) is 0 Å². The fourth-order valence-corrected chi connectivity index (χ4v) is 3.20. The molecule has 1 aromatic rings. The molecule has 1 saturated carbocycles. The van der Waals surface area contributed by atoms with Gasteiger partial charge in [-0.15, -0.1) is 0 Å². The normalized spacial score (nSPS) is 24.9. The van der Waals surface area contributed by atoms with E-state index in [4.69, 9.17) is 0 Å². The standard InChI is InChI=1S/C17H24N2O/c1-13-4-2-3-5-14(13)12-17(9-10-17)19-15-6-7-16(20)18-11-8-15/h2-5,15,19H,6-12H2,1H3,(H,18,20). The van der Waals surface area contributed by atoms with Gasteiger partial charge in [-0.1, -0.05) is 24.3 Å². The van der Waals surface area contributed by atoms with Gasteiger partial charge in [0, 0.05) is 24.5 Å². The molecule has 1 saturated heterocycles. The van der Waals surface area contributed by atoms with Crippen LogP contribution in [0.1, 0.15) is 43.2 Å². The van der Waals surface area contributed by atoms with Crippen LogP contribution < -0.4 is 10.6 Å². The summed E-state index contributed by atoms with van der Waals surface area (Å²) in [5.41, 5.74) is 3.14. The van der Waals surface area contributed by atoms with Crippen molar-refractivity contribution in [3.63, 3.8) is 0 Å². The molecule has 2 N–H and O–H groups in total. The first kappa shape index (κ1) is 13.6. The lowest BCUT2D eigenvalue weighted by atomic mass is 9.98. The molecule has 3 heteroatoms. The summed E-state index contributed by atoms with van der Waals surface area (Å²) >= 11 is 0. The van der Waals surface area contributed by atoms with E-state index in [1.54, 1.807) is 0 Å². The first-order valence-corrected chi connectivity index (χ1v) is 7.76. The van der Waals surface area contributed by atoms with Crippen LogP contribution in [0.5, 0.6) is 0 Å². The number of nitrogens with one attached hydrogen (secondary N) is 2. The Morgan fingerprint density at radius 3 is 2.85 bits per heavy atom. The van der Waals surface area contributed by atoms with Crippen LogP contribution in [0.3, 0.4) is 0 Å². The Balaban J connectivity index is 1.62. The zero-order valence-electron chi connectivity index (χ0n) is 12.2. The monoisotopic (exact) mass is 272 g/mol. The molecule has 0 radical (unpaired) electrons. The molecule has 2 fully saturated rings. The maximum atomic E-state index is 11.4. The van der Waals surface area contributed by atoms with Gasteiger partial charge >= 0.3 is 0 Å². The molecular formula is C17H24N2O. The molecule has 2 aliphatic rings. The van der Waals surface area contributed by atoms with Gasteiger partial charge in [0.15, 0.2) is 0 Å². The summed E-state index contributed by atoms with van der Waals surface area (Å²) in [5.74, 6) is 0.207. The molecule has 1 atom stereocenters. The van der Waals surface area contributed by atoms with Crippen molar-refractivity contribution in [1.29, 1.82) is 0 Å². The molecule has 20 heavy (non-hydrogen) atoms. The third-order valence-electron chi connectivity index (χ3n) is 4.69. The van der Waals surface area contributed by atoms with Crippen molar-refractivity contribution in [1.82, 2.24) is 10.6 Å². The molecule has 1 heterocycles. The van der Waals surface area contributed by atoms with Crippen molar-refractivity contribution in [2.45, 2.75) is 57.0 Å². The van der Waals surface area contributed by atoms with Gasteiger partial charge in [-0.05, 0) is 50.2 Å². The SMILES string of the molecule is Cc1ccccc1CC1(NC2CCNC(=O)CC2)CC1.